The Kier molecular flexibility index (Phi) is 53.0. The largest absolute Gasteiger partial charge is 0.462 e. The number of allylic oxidation sites excluding steroid dienone is 18. The number of carbonyl (C=O) groups excluding carboxylic acids is 2. The van der Waals surface area contributed by atoms with Gasteiger partial charge >= 0.3 is 11.9 Å². The van der Waals surface area contributed by atoms with Crippen molar-refractivity contribution in [1.29, 1.82) is 0 Å². The summed E-state index contributed by atoms with van der Waals surface area (Å²) in [7, 11) is 0. The highest BCUT2D eigenvalue weighted by molar-refractivity contribution is 5.70. The monoisotopic (exact) mass is 915 g/mol. The fourth-order valence-electron chi connectivity index (χ4n) is 7.19. The molecule has 66 heavy (non-hydrogen) atoms. The Bertz CT molecular complexity index is 1310. The average Bonchev–Trinajstić information content (AvgIpc) is 3.32. The van der Waals surface area contributed by atoms with Crippen molar-refractivity contribution in [3.63, 3.8) is 0 Å². The van der Waals surface area contributed by atoms with Crippen molar-refractivity contribution in [3.05, 3.63) is 109 Å². The van der Waals surface area contributed by atoms with Gasteiger partial charge in [0.2, 0.25) is 0 Å². The fourth-order valence-corrected chi connectivity index (χ4v) is 7.19. The summed E-state index contributed by atoms with van der Waals surface area (Å²) >= 11 is 0. The number of hydrogen-bond donors (Lipinski definition) is 0. The summed E-state index contributed by atoms with van der Waals surface area (Å²) in [6.45, 7) is 7.58. The molecule has 1 atom stereocenters. The van der Waals surface area contributed by atoms with Crippen LogP contribution in [0, 0.1) is 0 Å². The summed E-state index contributed by atoms with van der Waals surface area (Å²) in [6, 6.07) is 0. The average molecular weight is 915 g/mol. The first-order valence-electron chi connectivity index (χ1n) is 27.4. The lowest BCUT2D eigenvalue weighted by molar-refractivity contribution is -0.163. The smallest absolute Gasteiger partial charge is 0.306 e. The minimum atomic E-state index is -0.575. The molecule has 0 radical (unpaired) electrons. The molecule has 0 aromatic carbocycles. The van der Waals surface area contributed by atoms with Gasteiger partial charge in [-0.2, -0.15) is 0 Å². The summed E-state index contributed by atoms with van der Waals surface area (Å²) in [5, 5.41) is 0. The van der Waals surface area contributed by atoms with Crippen molar-refractivity contribution >= 4 is 11.9 Å². The van der Waals surface area contributed by atoms with Gasteiger partial charge in [-0.3, -0.25) is 9.59 Å². The molecule has 5 nitrogen and oxygen atoms in total. The Balaban J connectivity index is 4.38. The predicted molar refractivity (Wildman–Crippen MR) is 288 cm³/mol. The highest BCUT2D eigenvalue weighted by Gasteiger charge is 2.17. The van der Waals surface area contributed by atoms with Crippen LogP contribution in [0.2, 0.25) is 0 Å². The molecule has 0 saturated carbocycles. The topological polar surface area (TPSA) is 61.8 Å². The van der Waals surface area contributed by atoms with Crippen LogP contribution in [0.3, 0.4) is 0 Å². The van der Waals surface area contributed by atoms with E-state index in [0.717, 1.165) is 96.3 Å². The molecular weight excluding hydrogens is 813 g/mol. The van der Waals surface area contributed by atoms with E-state index in [2.05, 4.69) is 130 Å². The molecule has 0 saturated heterocycles. The van der Waals surface area contributed by atoms with Gasteiger partial charge in [0.25, 0.3) is 0 Å². The Labute approximate surface area is 408 Å². The van der Waals surface area contributed by atoms with E-state index in [4.69, 9.17) is 14.2 Å². The third kappa shape index (κ3) is 53.2. The van der Waals surface area contributed by atoms with Crippen LogP contribution >= 0.6 is 0 Å². The van der Waals surface area contributed by atoms with Gasteiger partial charge in [0.1, 0.15) is 6.61 Å². The van der Waals surface area contributed by atoms with E-state index in [1.165, 1.54) is 109 Å². The molecule has 1 unspecified atom stereocenters. The SMILES string of the molecule is CC/C=C\C/C=C\C/C=C\C/C=C\C/C=C\CCCC(=O)OCC(COCCCCCCCCC/C=C\C/C=C\C/C=C\CCCCC)OC(=O)CCCCCCC/C=C\CCCCCC. The van der Waals surface area contributed by atoms with Crippen molar-refractivity contribution in [1.82, 2.24) is 0 Å². The first-order valence-corrected chi connectivity index (χ1v) is 27.4. The normalized spacial score (nSPS) is 13.1. The van der Waals surface area contributed by atoms with Gasteiger partial charge in [-0.25, -0.2) is 0 Å². The van der Waals surface area contributed by atoms with Gasteiger partial charge in [-0.15, -0.1) is 0 Å². The van der Waals surface area contributed by atoms with Gasteiger partial charge in [0.15, 0.2) is 6.10 Å². The van der Waals surface area contributed by atoms with Crippen LogP contribution in [0.15, 0.2) is 109 Å². The molecule has 0 heterocycles. The number of unbranched alkanes of at least 4 members (excludes halogenated alkanes) is 20. The van der Waals surface area contributed by atoms with Crippen LogP contribution in [-0.2, 0) is 23.8 Å². The van der Waals surface area contributed by atoms with E-state index in [1.54, 1.807) is 0 Å². The van der Waals surface area contributed by atoms with E-state index < -0.39 is 6.10 Å². The number of rotatable bonds is 49. The second-order valence-corrected chi connectivity index (χ2v) is 17.7. The fraction of sp³-hybridized carbons (Fsp3) is 0.672. The Morgan fingerprint density at radius 2 is 0.697 bits per heavy atom. The zero-order chi connectivity index (χ0) is 47.7. The highest BCUT2D eigenvalue weighted by atomic mass is 16.6. The Hall–Kier alpha value is -3.44. The third-order valence-corrected chi connectivity index (χ3v) is 11.3. The maximum absolute atomic E-state index is 12.8. The molecule has 0 aliphatic heterocycles. The molecule has 0 aliphatic carbocycles. The maximum Gasteiger partial charge on any atom is 0.306 e. The lowest BCUT2D eigenvalue weighted by Gasteiger charge is -2.18. The van der Waals surface area contributed by atoms with E-state index in [9.17, 15) is 9.59 Å². The summed E-state index contributed by atoms with van der Waals surface area (Å²) in [6.07, 6.45) is 76.8. The third-order valence-electron chi connectivity index (χ3n) is 11.3. The first kappa shape index (κ1) is 62.6. The van der Waals surface area contributed by atoms with E-state index in [-0.39, 0.29) is 25.2 Å². The summed E-state index contributed by atoms with van der Waals surface area (Å²) in [4.78, 5) is 25.4. The molecule has 0 aliphatic rings. The second kappa shape index (κ2) is 55.9. The number of esters is 2. The van der Waals surface area contributed by atoms with Gasteiger partial charge in [0.05, 0.1) is 6.61 Å². The Morgan fingerprint density at radius 1 is 0.348 bits per heavy atom. The highest BCUT2D eigenvalue weighted by Crippen LogP contribution is 2.13. The van der Waals surface area contributed by atoms with Gasteiger partial charge in [-0.1, -0.05) is 214 Å². The second-order valence-electron chi connectivity index (χ2n) is 17.7. The quantitative estimate of drug-likeness (QED) is 0.0346. The van der Waals surface area contributed by atoms with Crippen molar-refractivity contribution in [3.8, 4) is 0 Å². The predicted octanol–water partition coefficient (Wildman–Crippen LogP) is 18.8. The Morgan fingerprint density at radius 3 is 1.18 bits per heavy atom. The lowest BCUT2D eigenvalue weighted by atomic mass is 10.1. The van der Waals surface area contributed by atoms with Crippen molar-refractivity contribution in [2.45, 2.75) is 245 Å². The molecule has 0 amide bonds. The molecule has 0 aromatic heterocycles. The van der Waals surface area contributed by atoms with Gasteiger partial charge < -0.3 is 14.2 Å². The first-order chi connectivity index (χ1) is 32.6. The van der Waals surface area contributed by atoms with Crippen LogP contribution < -0.4 is 0 Å². The summed E-state index contributed by atoms with van der Waals surface area (Å²) in [5.74, 6) is -0.484. The molecule has 0 rings (SSSR count). The number of carbonyl (C=O) groups is 2. The van der Waals surface area contributed by atoms with E-state index in [0.29, 0.717) is 19.4 Å². The van der Waals surface area contributed by atoms with Crippen molar-refractivity contribution in [2.24, 2.45) is 0 Å². The van der Waals surface area contributed by atoms with Gasteiger partial charge in [0, 0.05) is 19.4 Å². The standard InChI is InChI=1S/C61H102O5/c1-4-7-10-13-16-19-22-25-27-29-30-31-33-35-38-41-44-47-50-53-56-64-57-59(66-61(63)55-52-49-46-43-40-36-24-21-18-15-12-9-6-3)58-65-60(62)54-51-48-45-42-39-37-34-32-28-26-23-20-17-14-11-8-5-2/h8,11,16-17,19-21,24-28,30-31,34,37,42,45,59H,4-7,9-10,12-15,18,22-23,29,32-33,35-36,38-41,43-44,46-58H2,1-3H3/b11-8-,19-16-,20-17-,24-21-,27-25-,28-26-,31-30-,37-34-,45-42-. The minimum Gasteiger partial charge on any atom is -0.462 e. The van der Waals surface area contributed by atoms with E-state index >= 15 is 0 Å². The molecule has 0 N–H and O–H groups in total. The summed E-state index contributed by atoms with van der Waals surface area (Å²) in [5.41, 5.74) is 0. The van der Waals surface area contributed by atoms with Crippen LogP contribution in [0.25, 0.3) is 0 Å². The van der Waals surface area contributed by atoms with Crippen LogP contribution in [0.4, 0.5) is 0 Å². The number of ether oxygens (including phenoxy) is 3. The van der Waals surface area contributed by atoms with Crippen LogP contribution in [-0.4, -0.2) is 37.9 Å². The zero-order valence-corrected chi connectivity index (χ0v) is 43.2. The minimum absolute atomic E-state index is 0.0428. The molecule has 376 valence electrons. The maximum atomic E-state index is 12.8. The van der Waals surface area contributed by atoms with Gasteiger partial charge in [-0.05, 0) is 122 Å². The molecule has 0 bridgehead atoms. The van der Waals surface area contributed by atoms with Crippen molar-refractivity contribution < 1.29 is 23.8 Å². The summed E-state index contributed by atoms with van der Waals surface area (Å²) < 4.78 is 17.4. The molecule has 5 heteroatoms. The zero-order valence-electron chi connectivity index (χ0n) is 43.2. The lowest BCUT2D eigenvalue weighted by Crippen LogP contribution is -2.30. The molecule has 0 fully saturated rings. The number of hydrogen-bond acceptors (Lipinski definition) is 5. The molecule has 0 spiro atoms. The molecule has 0 aromatic rings. The van der Waals surface area contributed by atoms with E-state index in [1.807, 2.05) is 0 Å². The molecular formula is C61H102O5. The van der Waals surface area contributed by atoms with Crippen molar-refractivity contribution in [2.75, 3.05) is 19.8 Å². The van der Waals surface area contributed by atoms with Crippen LogP contribution in [0.1, 0.15) is 239 Å². The van der Waals surface area contributed by atoms with Crippen LogP contribution in [0.5, 0.6) is 0 Å².